The Morgan fingerprint density at radius 3 is 2.57 bits per heavy atom. The highest BCUT2D eigenvalue weighted by Crippen LogP contribution is 2.34. The van der Waals surface area contributed by atoms with E-state index in [1.165, 1.54) is 4.31 Å². The van der Waals surface area contributed by atoms with Crippen molar-refractivity contribution in [1.82, 2.24) is 9.29 Å². The molecule has 5 rings (SSSR count). The van der Waals surface area contributed by atoms with Gasteiger partial charge in [-0.15, -0.1) is 0 Å². The second kappa shape index (κ2) is 7.32. The molecule has 0 amide bonds. The maximum Gasteiger partial charge on any atom is 0.301 e. The molecule has 0 atom stereocenters. The van der Waals surface area contributed by atoms with E-state index in [1.807, 2.05) is 18.2 Å². The third-order valence-corrected chi connectivity index (χ3v) is 7.61. The van der Waals surface area contributed by atoms with E-state index in [2.05, 4.69) is 16.9 Å². The third kappa shape index (κ3) is 3.91. The number of ketones is 1. The van der Waals surface area contributed by atoms with E-state index in [0.717, 1.165) is 60.2 Å². The number of pyridine rings is 1. The van der Waals surface area contributed by atoms with Gasteiger partial charge in [0.25, 0.3) is 0 Å². The van der Waals surface area contributed by atoms with Gasteiger partial charge in [0.2, 0.25) is 0 Å². The first kappa shape index (κ1) is 19.5. The number of hydrogen-bond acceptors (Lipinski definition) is 4. The van der Waals surface area contributed by atoms with Crippen molar-refractivity contribution in [3.63, 3.8) is 0 Å². The molecule has 3 aliphatic rings. The number of benzene rings is 1. The van der Waals surface area contributed by atoms with Crippen molar-refractivity contribution >= 4 is 27.8 Å². The molecule has 6 nitrogen and oxygen atoms in total. The van der Waals surface area contributed by atoms with Gasteiger partial charge in [0, 0.05) is 48.8 Å². The highest BCUT2D eigenvalue weighted by molar-refractivity contribution is 7.90. The molecule has 1 heterocycles. The van der Waals surface area contributed by atoms with Crippen molar-refractivity contribution in [2.24, 2.45) is 5.92 Å². The molecule has 1 N–H and O–H groups in total. The van der Waals surface area contributed by atoms with Crippen molar-refractivity contribution in [3.8, 4) is 11.1 Å². The Kier molecular flexibility index (Phi) is 4.75. The second-order valence-electron chi connectivity index (χ2n) is 8.48. The molecular formula is C23H25N3O3S. The van der Waals surface area contributed by atoms with Crippen LogP contribution in [0.1, 0.15) is 42.6 Å². The number of fused-ring (bicyclic) bond motifs is 1. The number of anilines is 1. The Labute approximate surface area is 177 Å². The molecule has 0 saturated heterocycles. The van der Waals surface area contributed by atoms with Crippen LogP contribution < -0.4 is 4.72 Å². The Morgan fingerprint density at radius 1 is 1.17 bits per heavy atom. The number of Topliss-reactive ketones (excluding diaryl/α,β-unsaturated/α-hetero) is 1. The predicted octanol–water partition coefficient (Wildman–Crippen LogP) is 3.59. The fraction of sp³-hybridized carbons (Fsp3) is 0.391. The van der Waals surface area contributed by atoms with Crippen LogP contribution in [-0.2, 0) is 27.8 Å². The zero-order chi connectivity index (χ0) is 20.9. The zero-order valence-corrected chi connectivity index (χ0v) is 17.8. The SMILES string of the molecule is CN(C1CC1)S(=O)(=O)Nc1ccc(-c2cc(CC(=O)C3CC3)nc3c2C=CC3)cc1. The van der Waals surface area contributed by atoms with Gasteiger partial charge in [-0.25, -0.2) is 0 Å². The van der Waals surface area contributed by atoms with Crippen LogP contribution in [0.25, 0.3) is 17.2 Å². The summed E-state index contributed by atoms with van der Waals surface area (Å²) in [5, 5.41) is 0. The van der Waals surface area contributed by atoms with Gasteiger partial charge < -0.3 is 0 Å². The van der Waals surface area contributed by atoms with E-state index in [0.29, 0.717) is 12.1 Å². The molecule has 2 saturated carbocycles. The molecule has 1 aromatic heterocycles. The Bertz CT molecular complexity index is 1130. The summed E-state index contributed by atoms with van der Waals surface area (Å²) in [6.45, 7) is 0. The number of aromatic nitrogens is 1. The maximum atomic E-state index is 12.5. The van der Waals surface area contributed by atoms with Crippen LogP contribution >= 0.6 is 0 Å². The quantitative estimate of drug-likeness (QED) is 0.704. The number of carbonyl (C=O) groups is 1. The van der Waals surface area contributed by atoms with Crippen LogP contribution in [0.2, 0.25) is 0 Å². The molecule has 2 fully saturated rings. The van der Waals surface area contributed by atoms with Gasteiger partial charge in [-0.3, -0.25) is 14.5 Å². The average molecular weight is 424 g/mol. The lowest BCUT2D eigenvalue weighted by molar-refractivity contribution is -0.119. The van der Waals surface area contributed by atoms with E-state index >= 15 is 0 Å². The van der Waals surface area contributed by atoms with Crippen molar-refractivity contribution in [2.75, 3.05) is 11.8 Å². The lowest BCUT2D eigenvalue weighted by Crippen LogP contribution is -2.34. The summed E-state index contributed by atoms with van der Waals surface area (Å²) in [4.78, 5) is 17.0. The van der Waals surface area contributed by atoms with Crippen LogP contribution in [0.5, 0.6) is 0 Å². The van der Waals surface area contributed by atoms with Crippen molar-refractivity contribution in [2.45, 2.75) is 44.6 Å². The molecule has 2 aromatic rings. The monoisotopic (exact) mass is 423 g/mol. The van der Waals surface area contributed by atoms with Gasteiger partial charge in [0.05, 0.1) is 5.69 Å². The molecular weight excluding hydrogens is 398 g/mol. The first-order valence-electron chi connectivity index (χ1n) is 10.5. The summed E-state index contributed by atoms with van der Waals surface area (Å²) in [5.41, 5.74) is 5.47. The van der Waals surface area contributed by atoms with Gasteiger partial charge >= 0.3 is 10.2 Å². The summed E-state index contributed by atoms with van der Waals surface area (Å²) in [7, 11) is -1.92. The van der Waals surface area contributed by atoms with Gasteiger partial charge in [-0.1, -0.05) is 24.3 Å². The van der Waals surface area contributed by atoms with Crippen LogP contribution in [0.4, 0.5) is 5.69 Å². The highest BCUT2D eigenvalue weighted by atomic mass is 32.2. The number of nitrogens with zero attached hydrogens (tertiary/aromatic N) is 2. The van der Waals surface area contributed by atoms with Crippen LogP contribution in [0, 0.1) is 5.92 Å². The van der Waals surface area contributed by atoms with E-state index < -0.39 is 10.2 Å². The molecule has 7 heteroatoms. The average Bonchev–Trinajstić information content (AvgIpc) is 3.64. The van der Waals surface area contributed by atoms with Gasteiger partial charge in [-0.2, -0.15) is 12.7 Å². The molecule has 0 bridgehead atoms. The Morgan fingerprint density at radius 2 is 1.90 bits per heavy atom. The minimum atomic E-state index is -3.53. The number of allylic oxidation sites excluding steroid dienone is 1. The summed E-state index contributed by atoms with van der Waals surface area (Å²) in [6.07, 6.45) is 9.17. The van der Waals surface area contributed by atoms with Gasteiger partial charge in [-0.05, 0) is 55.0 Å². The highest BCUT2D eigenvalue weighted by Gasteiger charge is 2.34. The molecule has 1 aromatic carbocycles. The normalized spacial score (nSPS) is 17.9. The van der Waals surface area contributed by atoms with Crippen molar-refractivity contribution in [1.29, 1.82) is 0 Å². The molecule has 3 aliphatic carbocycles. The number of nitrogens with one attached hydrogen (secondary N) is 1. The van der Waals surface area contributed by atoms with E-state index in [1.54, 1.807) is 19.2 Å². The van der Waals surface area contributed by atoms with Crippen LogP contribution in [0.15, 0.2) is 36.4 Å². The molecule has 156 valence electrons. The first-order chi connectivity index (χ1) is 14.4. The summed E-state index contributed by atoms with van der Waals surface area (Å²) in [5.74, 6) is 0.506. The van der Waals surface area contributed by atoms with Crippen molar-refractivity contribution < 1.29 is 13.2 Å². The third-order valence-electron chi connectivity index (χ3n) is 6.06. The summed E-state index contributed by atoms with van der Waals surface area (Å²) < 4.78 is 29.0. The van der Waals surface area contributed by atoms with E-state index in [9.17, 15) is 13.2 Å². The van der Waals surface area contributed by atoms with Crippen molar-refractivity contribution in [3.05, 3.63) is 53.4 Å². The largest absolute Gasteiger partial charge is 0.301 e. The van der Waals surface area contributed by atoms with Crippen LogP contribution in [0.3, 0.4) is 0 Å². The molecule has 0 spiro atoms. The second-order valence-corrected chi connectivity index (χ2v) is 10.2. The number of carbonyl (C=O) groups excluding carboxylic acids is 1. The van der Waals surface area contributed by atoms with Gasteiger partial charge in [0.15, 0.2) is 0 Å². The fourth-order valence-corrected chi connectivity index (χ4v) is 5.11. The lowest BCUT2D eigenvalue weighted by atomic mass is 9.97. The zero-order valence-electron chi connectivity index (χ0n) is 17.0. The minimum absolute atomic E-state index is 0.115. The maximum absolute atomic E-state index is 12.5. The molecule has 0 unspecified atom stereocenters. The topological polar surface area (TPSA) is 79.4 Å². The summed E-state index contributed by atoms with van der Waals surface area (Å²) in [6, 6.07) is 9.54. The van der Waals surface area contributed by atoms with Crippen LogP contribution in [-0.4, -0.2) is 36.6 Å². The first-order valence-corrected chi connectivity index (χ1v) is 11.9. The molecule has 0 radical (unpaired) electrons. The fourth-order valence-electron chi connectivity index (χ4n) is 3.93. The van der Waals surface area contributed by atoms with E-state index in [-0.39, 0.29) is 17.7 Å². The Hall–Kier alpha value is -2.51. The minimum Gasteiger partial charge on any atom is -0.299 e. The van der Waals surface area contributed by atoms with Gasteiger partial charge in [0.1, 0.15) is 5.78 Å². The smallest absolute Gasteiger partial charge is 0.299 e. The lowest BCUT2D eigenvalue weighted by Gasteiger charge is -2.18. The molecule has 30 heavy (non-hydrogen) atoms. The summed E-state index contributed by atoms with van der Waals surface area (Å²) >= 11 is 0. The molecule has 0 aliphatic heterocycles. The van der Waals surface area contributed by atoms with E-state index in [4.69, 9.17) is 4.98 Å². The Balaban J connectivity index is 1.40. The number of rotatable bonds is 8. The standard InChI is InChI=1S/C23H25N3O3S/c1-26(19-11-12-19)30(28,29)25-17-9-7-15(8-10-17)21-13-18(14-23(27)16-5-6-16)24-22-4-2-3-20(21)22/h2-3,7-10,13,16,19,25H,4-6,11-12,14H2,1H3. The number of hydrogen-bond donors (Lipinski definition) is 1. The predicted molar refractivity (Wildman–Crippen MR) is 117 cm³/mol.